The highest BCUT2D eigenvalue weighted by molar-refractivity contribution is 5.75. The topological polar surface area (TPSA) is 41.6 Å². The van der Waals surface area contributed by atoms with Crippen molar-refractivity contribution in [1.82, 2.24) is 10.2 Å². The van der Waals surface area contributed by atoms with E-state index >= 15 is 0 Å². The van der Waals surface area contributed by atoms with Crippen LogP contribution in [-0.2, 0) is 9.53 Å². The van der Waals surface area contributed by atoms with Gasteiger partial charge in [0.15, 0.2) is 0 Å². The van der Waals surface area contributed by atoms with E-state index in [4.69, 9.17) is 4.74 Å². The fraction of sp³-hybridized carbons (Fsp3) is 0.875. The monoisotopic (exact) mass is 172 g/mol. The van der Waals surface area contributed by atoms with E-state index in [1.54, 1.807) is 0 Å². The molecule has 70 valence electrons. The number of hydrogen-bond donors (Lipinski definition) is 1. The van der Waals surface area contributed by atoms with Crippen molar-refractivity contribution in [1.29, 1.82) is 0 Å². The van der Waals surface area contributed by atoms with Gasteiger partial charge in [-0.1, -0.05) is 0 Å². The SMILES string of the molecule is COC(=O)[C@H]1CNCCCN1C. The minimum absolute atomic E-state index is 0.113. The minimum Gasteiger partial charge on any atom is -0.468 e. The summed E-state index contributed by atoms with van der Waals surface area (Å²) in [5, 5.41) is 3.20. The highest BCUT2D eigenvalue weighted by atomic mass is 16.5. The minimum atomic E-state index is -0.146. The Morgan fingerprint density at radius 1 is 1.67 bits per heavy atom. The Hall–Kier alpha value is -0.610. The molecule has 4 heteroatoms. The van der Waals surface area contributed by atoms with Crippen molar-refractivity contribution >= 4 is 5.97 Å². The van der Waals surface area contributed by atoms with Gasteiger partial charge < -0.3 is 10.1 Å². The van der Waals surface area contributed by atoms with Gasteiger partial charge >= 0.3 is 5.97 Å². The van der Waals surface area contributed by atoms with Gasteiger partial charge in [-0.15, -0.1) is 0 Å². The zero-order valence-electron chi connectivity index (χ0n) is 7.67. The number of carbonyl (C=O) groups is 1. The lowest BCUT2D eigenvalue weighted by Gasteiger charge is -2.22. The van der Waals surface area contributed by atoms with Gasteiger partial charge in [-0.3, -0.25) is 9.69 Å². The Bertz CT molecular complexity index is 161. The second kappa shape index (κ2) is 4.42. The van der Waals surface area contributed by atoms with Crippen LogP contribution in [0.2, 0.25) is 0 Å². The van der Waals surface area contributed by atoms with E-state index in [9.17, 15) is 4.79 Å². The summed E-state index contributed by atoms with van der Waals surface area (Å²) in [7, 11) is 3.38. The van der Waals surface area contributed by atoms with Crippen LogP contribution >= 0.6 is 0 Å². The molecule has 12 heavy (non-hydrogen) atoms. The summed E-state index contributed by atoms with van der Waals surface area (Å²) < 4.78 is 4.70. The molecule has 1 N–H and O–H groups in total. The van der Waals surface area contributed by atoms with Crippen molar-refractivity contribution in [3.63, 3.8) is 0 Å². The summed E-state index contributed by atoms with van der Waals surface area (Å²) in [5.74, 6) is -0.146. The maximum absolute atomic E-state index is 11.2. The first kappa shape index (κ1) is 9.48. The Morgan fingerprint density at radius 3 is 3.08 bits per heavy atom. The van der Waals surface area contributed by atoms with Gasteiger partial charge in [0.1, 0.15) is 6.04 Å². The number of ether oxygens (including phenoxy) is 1. The van der Waals surface area contributed by atoms with Crippen molar-refractivity contribution in [2.24, 2.45) is 0 Å². The number of nitrogens with one attached hydrogen (secondary N) is 1. The van der Waals surface area contributed by atoms with Crippen LogP contribution in [0.1, 0.15) is 6.42 Å². The fourth-order valence-corrected chi connectivity index (χ4v) is 1.40. The Balaban J connectivity index is 2.52. The largest absolute Gasteiger partial charge is 0.468 e. The molecule has 0 saturated carbocycles. The van der Waals surface area contributed by atoms with Crippen LogP contribution in [0.4, 0.5) is 0 Å². The van der Waals surface area contributed by atoms with Gasteiger partial charge in [-0.25, -0.2) is 0 Å². The smallest absolute Gasteiger partial charge is 0.324 e. The fourth-order valence-electron chi connectivity index (χ4n) is 1.40. The van der Waals surface area contributed by atoms with Crippen molar-refractivity contribution < 1.29 is 9.53 Å². The van der Waals surface area contributed by atoms with E-state index in [1.807, 2.05) is 11.9 Å². The predicted molar refractivity (Wildman–Crippen MR) is 45.9 cm³/mol. The first-order chi connectivity index (χ1) is 5.75. The molecule has 4 nitrogen and oxygen atoms in total. The first-order valence-electron chi connectivity index (χ1n) is 4.24. The molecule has 1 aliphatic rings. The molecule has 1 heterocycles. The third-order valence-corrected chi connectivity index (χ3v) is 2.21. The summed E-state index contributed by atoms with van der Waals surface area (Å²) in [5.41, 5.74) is 0. The van der Waals surface area contributed by atoms with Crippen LogP contribution in [0.5, 0.6) is 0 Å². The van der Waals surface area contributed by atoms with E-state index in [0.29, 0.717) is 6.54 Å². The van der Waals surface area contributed by atoms with Crippen molar-refractivity contribution in [2.45, 2.75) is 12.5 Å². The van der Waals surface area contributed by atoms with Crippen LogP contribution in [0.25, 0.3) is 0 Å². The molecule has 0 radical (unpaired) electrons. The lowest BCUT2D eigenvalue weighted by atomic mass is 10.2. The maximum Gasteiger partial charge on any atom is 0.324 e. The van der Waals surface area contributed by atoms with E-state index in [2.05, 4.69) is 5.32 Å². The Kier molecular flexibility index (Phi) is 3.49. The molecule has 0 aromatic carbocycles. The van der Waals surface area contributed by atoms with Gasteiger partial charge in [-0.2, -0.15) is 0 Å². The lowest BCUT2D eigenvalue weighted by Crippen LogP contribution is -2.43. The molecule has 1 aliphatic heterocycles. The number of rotatable bonds is 1. The number of esters is 1. The molecular formula is C8H16N2O2. The number of hydrogen-bond acceptors (Lipinski definition) is 4. The molecule has 0 aromatic heterocycles. The van der Waals surface area contributed by atoms with Crippen LogP contribution in [-0.4, -0.2) is 50.7 Å². The van der Waals surface area contributed by atoms with Crippen LogP contribution in [0.3, 0.4) is 0 Å². The normalized spacial score (nSPS) is 26.3. The highest BCUT2D eigenvalue weighted by Crippen LogP contribution is 2.02. The third-order valence-electron chi connectivity index (χ3n) is 2.21. The van der Waals surface area contributed by atoms with E-state index in [1.165, 1.54) is 7.11 Å². The van der Waals surface area contributed by atoms with Crippen LogP contribution < -0.4 is 5.32 Å². The summed E-state index contributed by atoms with van der Waals surface area (Å²) >= 11 is 0. The predicted octanol–water partition coefficient (Wildman–Crippen LogP) is -0.547. The molecule has 0 amide bonds. The number of methoxy groups -OCH3 is 1. The maximum atomic E-state index is 11.2. The van der Waals surface area contributed by atoms with Gasteiger partial charge in [0.25, 0.3) is 0 Å². The zero-order valence-corrected chi connectivity index (χ0v) is 7.67. The molecule has 0 aromatic rings. The zero-order chi connectivity index (χ0) is 8.97. The second-order valence-corrected chi connectivity index (χ2v) is 3.08. The molecule has 0 aliphatic carbocycles. The number of nitrogens with zero attached hydrogens (tertiary/aromatic N) is 1. The third kappa shape index (κ3) is 2.19. The van der Waals surface area contributed by atoms with Gasteiger partial charge in [-0.05, 0) is 26.6 Å². The first-order valence-corrected chi connectivity index (χ1v) is 4.24. The van der Waals surface area contributed by atoms with Crippen LogP contribution in [0.15, 0.2) is 0 Å². The molecule has 1 rings (SSSR count). The molecule has 0 bridgehead atoms. The van der Waals surface area contributed by atoms with Crippen molar-refractivity contribution in [3.8, 4) is 0 Å². The number of carbonyl (C=O) groups excluding carboxylic acids is 1. The second-order valence-electron chi connectivity index (χ2n) is 3.08. The summed E-state index contributed by atoms with van der Waals surface area (Å²) in [6.07, 6.45) is 1.09. The quantitative estimate of drug-likeness (QED) is 0.539. The average molecular weight is 172 g/mol. The standard InChI is InChI=1S/C8H16N2O2/c1-10-5-3-4-9-6-7(10)8(11)12-2/h7,9H,3-6H2,1-2H3/t7-/m1/s1. The number of likely N-dealkylation sites (N-methyl/N-ethyl adjacent to an activating group) is 1. The van der Waals surface area contributed by atoms with E-state index in [-0.39, 0.29) is 12.0 Å². The molecule has 0 spiro atoms. The summed E-state index contributed by atoms with van der Waals surface area (Å²) in [6.45, 7) is 2.63. The summed E-state index contributed by atoms with van der Waals surface area (Å²) in [6, 6.07) is -0.113. The molecule has 0 unspecified atom stereocenters. The lowest BCUT2D eigenvalue weighted by molar-refractivity contribution is -0.146. The van der Waals surface area contributed by atoms with Crippen molar-refractivity contribution in [3.05, 3.63) is 0 Å². The Labute approximate surface area is 72.9 Å². The van der Waals surface area contributed by atoms with E-state index in [0.717, 1.165) is 19.5 Å². The molecule has 1 fully saturated rings. The molecule has 1 atom stereocenters. The molecule has 1 saturated heterocycles. The average Bonchev–Trinajstić information content (AvgIpc) is 2.28. The molecular weight excluding hydrogens is 156 g/mol. The van der Waals surface area contributed by atoms with Gasteiger partial charge in [0.2, 0.25) is 0 Å². The highest BCUT2D eigenvalue weighted by Gasteiger charge is 2.24. The summed E-state index contributed by atoms with van der Waals surface area (Å²) in [4.78, 5) is 13.3. The van der Waals surface area contributed by atoms with Crippen molar-refractivity contribution in [2.75, 3.05) is 33.8 Å². The van der Waals surface area contributed by atoms with Gasteiger partial charge in [0, 0.05) is 6.54 Å². The Morgan fingerprint density at radius 2 is 2.42 bits per heavy atom. The van der Waals surface area contributed by atoms with E-state index < -0.39 is 0 Å². The van der Waals surface area contributed by atoms with Gasteiger partial charge in [0.05, 0.1) is 7.11 Å². The van der Waals surface area contributed by atoms with Crippen LogP contribution in [0, 0.1) is 0 Å².